The number of fused-ring (bicyclic) bond motifs is 1. The average Bonchev–Trinajstić information content (AvgIpc) is 3.53. The van der Waals surface area contributed by atoms with Gasteiger partial charge < -0.3 is 15.4 Å². The topological polar surface area (TPSA) is 81.3 Å². The van der Waals surface area contributed by atoms with Crippen LogP contribution < -0.4 is 15.4 Å². The molecule has 166 valence electrons. The quantitative estimate of drug-likeness (QED) is 0.476. The second kappa shape index (κ2) is 8.15. The Morgan fingerprint density at radius 1 is 1.22 bits per heavy atom. The van der Waals surface area contributed by atoms with E-state index < -0.39 is 12.7 Å². The number of halogens is 3. The van der Waals surface area contributed by atoms with E-state index in [0.29, 0.717) is 57.5 Å². The van der Waals surface area contributed by atoms with Gasteiger partial charge in [-0.3, -0.25) is 4.40 Å². The van der Waals surface area contributed by atoms with Gasteiger partial charge in [0.05, 0.1) is 36.9 Å². The van der Waals surface area contributed by atoms with Crippen molar-refractivity contribution in [3.63, 3.8) is 0 Å². The molecule has 0 amide bonds. The summed E-state index contributed by atoms with van der Waals surface area (Å²) in [4.78, 5) is 9.05. The Balaban J connectivity index is 1.54. The van der Waals surface area contributed by atoms with Crippen LogP contribution in [0.25, 0.3) is 28.2 Å². The van der Waals surface area contributed by atoms with Crippen LogP contribution in [0.2, 0.25) is 0 Å². The molecule has 0 spiro atoms. The Labute approximate surface area is 181 Å². The maximum absolute atomic E-state index is 14.0. The first-order valence-corrected chi connectivity index (χ1v) is 10.00. The number of ether oxygens (including phenoxy) is 1. The molecule has 8 nitrogen and oxygen atoms in total. The van der Waals surface area contributed by atoms with Gasteiger partial charge in [-0.25, -0.2) is 19.0 Å². The van der Waals surface area contributed by atoms with Crippen LogP contribution in [-0.4, -0.2) is 56.6 Å². The standard InChI is InChI=1S/C21H20F3N7O/c1-32-18-5-20-26-9-17(30(20)11-13(18)12-6-27-31(10-12)21(23)24)15-3-2-4-19(28-15)29-16-8-25-7-14(16)22/h2-6,9-11,14,16,21,25H,7-8H2,1H3,(H,28,29). The van der Waals surface area contributed by atoms with Crippen LogP contribution >= 0.6 is 0 Å². The molecule has 2 unspecified atom stereocenters. The number of alkyl halides is 3. The van der Waals surface area contributed by atoms with Gasteiger partial charge in [-0.05, 0) is 12.1 Å². The molecule has 2 N–H and O–H groups in total. The van der Waals surface area contributed by atoms with E-state index in [9.17, 15) is 13.2 Å². The number of rotatable bonds is 6. The van der Waals surface area contributed by atoms with Crippen molar-refractivity contribution in [2.45, 2.75) is 18.8 Å². The molecule has 11 heteroatoms. The zero-order valence-electron chi connectivity index (χ0n) is 17.0. The molecule has 4 aromatic heterocycles. The van der Waals surface area contributed by atoms with Gasteiger partial charge in [0.2, 0.25) is 0 Å². The fourth-order valence-corrected chi connectivity index (χ4v) is 3.80. The second-order valence-corrected chi connectivity index (χ2v) is 7.45. The van der Waals surface area contributed by atoms with E-state index in [-0.39, 0.29) is 6.04 Å². The minimum atomic E-state index is -2.74. The molecule has 5 heterocycles. The van der Waals surface area contributed by atoms with Crippen LogP contribution in [-0.2, 0) is 0 Å². The lowest BCUT2D eigenvalue weighted by atomic mass is 10.1. The van der Waals surface area contributed by atoms with Crippen molar-refractivity contribution in [1.29, 1.82) is 0 Å². The van der Waals surface area contributed by atoms with Crippen molar-refractivity contribution in [2.75, 3.05) is 25.5 Å². The Morgan fingerprint density at radius 2 is 2.09 bits per heavy atom. The van der Waals surface area contributed by atoms with E-state index in [1.807, 2.05) is 12.1 Å². The summed E-state index contributed by atoms with van der Waals surface area (Å²) in [5, 5.41) is 9.85. The Kier molecular flexibility index (Phi) is 5.17. The van der Waals surface area contributed by atoms with Crippen molar-refractivity contribution in [3.05, 3.63) is 49.1 Å². The van der Waals surface area contributed by atoms with Gasteiger partial charge in [-0.15, -0.1) is 0 Å². The van der Waals surface area contributed by atoms with Crippen molar-refractivity contribution >= 4 is 11.5 Å². The minimum Gasteiger partial charge on any atom is -0.496 e. The largest absolute Gasteiger partial charge is 0.496 e. The van der Waals surface area contributed by atoms with Crippen molar-refractivity contribution < 1.29 is 17.9 Å². The van der Waals surface area contributed by atoms with Gasteiger partial charge >= 0.3 is 6.55 Å². The van der Waals surface area contributed by atoms with Gasteiger partial charge in [0.15, 0.2) is 0 Å². The maximum Gasteiger partial charge on any atom is 0.333 e. The molecule has 32 heavy (non-hydrogen) atoms. The first kappa shape index (κ1) is 20.3. The fourth-order valence-electron chi connectivity index (χ4n) is 3.80. The highest BCUT2D eigenvalue weighted by molar-refractivity contribution is 5.73. The molecule has 2 atom stereocenters. The van der Waals surface area contributed by atoms with Crippen molar-refractivity contribution in [2.24, 2.45) is 0 Å². The maximum atomic E-state index is 14.0. The van der Waals surface area contributed by atoms with Crippen LogP contribution in [0.5, 0.6) is 5.75 Å². The third-order valence-electron chi connectivity index (χ3n) is 5.43. The third-order valence-corrected chi connectivity index (χ3v) is 5.43. The molecule has 1 aliphatic rings. The number of pyridine rings is 2. The third kappa shape index (κ3) is 3.64. The number of methoxy groups -OCH3 is 1. The summed E-state index contributed by atoms with van der Waals surface area (Å²) >= 11 is 0. The van der Waals surface area contributed by atoms with Crippen molar-refractivity contribution in [1.82, 2.24) is 29.5 Å². The van der Waals surface area contributed by atoms with Gasteiger partial charge in [0.1, 0.15) is 23.4 Å². The summed E-state index contributed by atoms with van der Waals surface area (Å²) in [5.74, 6) is 1.04. The van der Waals surface area contributed by atoms with E-state index in [1.165, 1.54) is 19.5 Å². The normalized spacial score (nSPS) is 18.5. The second-order valence-electron chi connectivity index (χ2n) is 7.45. The summed E-state index contributed by atoms with van der Waals surface area (Å²) in [5.41, 5.74) is 2.98. The predicted molar refractivity (Wildman–Crippen MR) is 113 cm³/mol. The van der Waals surface area contributed by atoms with Crippen LogP contribution in [0.1, 0.15) is 6.55 Å². The summed E-state index contributed by atoms with van der Waals surface area (Å²) < 4.78 is 47.8. The van der Waals surface area contributed by atoms with Crippen LogP contribution in [0.4, 0.5) is 19.0 Å². The zero-order valence-corrected chi connectivity index (χ0v) is 17.0. The van der Waals surface area contributed by atoms with E-state index in [0.717, 1.165) is 0 Å². The molecule has 5 rings (SSSR count). The fraction of sp³-hybridized carbons (Fsp3) is 0.286. The van der Waals surface area contributed by atoms with Gasteiger partial charge in [-0.2, -0.15) is 13.9 Å². The molecule has 0 aromatic carbocycles. The monoisotopic (exact) mass is 443 g/mol. The Morgan fingerprint density at radius 3 is 2.81 bits per heavy atom. The molecular formula is C21H20F3N7O. The first-order chi connectivity index (χ1) is 15.5. The molecule has 1 aliphatic heterocycles. The number of nitrogens with zero attached hydrogens (tertiary/aromatic N) is 5. The minimum absolute atomic E-state index is 0.317. The number of imidazole rings is 1. The summed E-state index contributed by atoms with van der Waals surface area (Å²) in [6.07, 6.45) is 5.06. The molecular weight excluding hydrogens is 423 g/mol. The number of nitrogens with one attached hydrogen (secondary N) is 2. The Bertz CT molecular complexity index is 1260. The molecule has 1 saturated heterocycles. The van der Waals surface area contributed by atoms with E-state index in [4.69, 9.17) is 4.74 Å². The molecule has 0 aliphatic carbocycles. The summed E-state index contributed by atoms with van der Waals surface area (Å²) in [7, 11) is 1.50. The highest BCUT2D eigenvalue weighted by Gasteiger charge is 2.26. The average molecular weight is 443 g/mol. The predicted octanol–water partition coefficient (Wildman–Crippen LogP) is 3.39. The smallest absolute Gasteiger partial charge is 0.333 e. The highest BCUT2D eigenvalue weighted by Crippen LogP contribution is 2.33. The Hall–Kier alpha value is -3.60. The summed E-state index contributed by atoms with van der Waals surface area (Å²) in [6, 6.07) is 6.81. The van der Waals surface area contributed by atoms with Gasteiger partial charge in [0.25, 0.3) is 0 Å². The lowest BCUT2D eigenvalue weighted by molar-refractivity contribution is 0.0566. The van der Waals surface area contributed by atoms with Crippen LogP contribution in [0, 0.1) is 0 Å². The number of aromatic nitrogens is 5. The molecule has 0 radical (unpaired) electrons. The zero-order chi connectivity index (χ0) is 22.2. The number of anilines is 1. The highest BCUT2D eigenvalue weighted by atomic mass is 19.3. The SMILES string of the molecule is COc1cc2ncc(-c3cccc(NC4CNCC4F)n3)n2cc1-c1cnn(C(F)F)c1. The van der Waals surface area contributed by atoms with Gasteiger partial charge in [-0.1, -0.05) is 6.07 Å². The first-order valence-electron chi connectivity index (χ1n) is 10.00. The van der Waals surface area contributed by atoms with E-state index in [2.05, 4.69) is 25.7 Å². The molecule has 0 bridgehead atoms. The van der Waals surface area contributed by atoms with E-state index in [1.54, 1.807) is 28.9 Å². The van der Waals surface area contributed by atoms with Crippen LogP contribution in [0.3, 0.4) is 0 Å². The van der Waals surface area contributed by atoms with Crippen molar-refractivity contribution in [3.8, 4) is 28.3 Å². The molecule has 4 aromatic rings. The molecule has 1 fully saturated rings. The summed E-state index contributed by atoms with van der Waals surface area (Å²) in [6.45, 7) is -1.89. The van der Waals surface area contributed by atoms with Gasteiger partial charge in [0, 0.05) is 42.7 Å². The lowest BCUT2D eigenvalue weighted by Gasteiger charge is -2.15. The molecule has 0 saturated carbocycles. The number of hydrogen-bond donors (Lipinski definition) is 2. The van der Waals surface area contributed by atoms with E-state index >= 15 is 0 Å². The van der Waals surface area contributed by atoms with Crippen LogP contribution in [0.15, 0.2) is 49.1 Å². The number of hydrogen-bond acceptors (Lipinski definition) is 6. The lowest BCUT2D eigenvalue weighted by Crippen LogP contribution is -2.29.